The van der Waals surface area contributed by atoms with Crippen molar-refractivity contribution in [1.82, 2.24) is 0 Å². The summed E-state index contributed by atoms with van der Waals surface area (Å²) in [6.07, 6.45) is -0.301. The van der Waals surface area contributed by atoms with Gasteiger partial charge in [0.2, 0.25) is 0 Å². The van der Waals surface area contributed by atoms with Crippen LogP contribution in [-0.4, -0.2) is 39.2 Å². The van der Waals surface area contributed by atoms with Crippen LogP contribution in [0.4, 0.5) is 0 Å². The van der Waals surface area contributed by atoms with E-state index >= 15 is 0 Å². The van der Waals surface area contributed by atoms with Crippen LogP contribution in [0.5, 0.6) is 0 Å². The van der Waals surface area contributed by atoms with Crippen molar-refractivity contribution in [2.24, 2.45) is 5.73 Å². The van der Waals surface area contributed by atoms with Gasteiger partial charge in [0.15, 0.2) is 9.84 Å². The first-order valence-electron chi connectivity index (χ1n) is 3.04. The minimum atomic E-state index is -2.91. The summed E-state index contributed by atoms with van der Waals surface area (Å²) in [5.41, 5.74) is 5.46. The third kappa shape index (κ3) is 2.59. The summed E-state index contributed by atoms with van der Waals surface area (Å²) >= 11 is 0. The predicted molar refractivity (Wildman–Crippen MR) is 44.7 cm³/mol. The molecule has 11 heavy (non-hydrogen) atoms. The lowest BCUT2D eigenvalue weighted by Gasteiger charge is -2.09. The van der Waals surface area contributed by atoms with Gasteiger partial charge in [0, 0.05) is 13.2 Å². The maximum atomic E-state index is 10.9. The van der Waals surface area contributed by atoms with E-state index in [0.29, 0.717) is 0 Å². The van der Waals surface area contributed by atoms with Crippen molar-refractivity contribution < 1.29 is 13.2 Å². The molecule has 1 saturated heterocycles. The average molecular weight is 202 g/mol. The van der Waals surface area contributed by atoms with E-state index in [4.69, 9.17) is 10.5 Å². The van der Waals surface area contributed by atoms with Crippen LogP contribution in [0.15, 0.2) is 0 Å². The molecule has 0 radical (unpaired) electrons. The molecule has 2 N–H and O–H groups in total. The van der Waals surface area contributed by atoms with Gasteiger partial charge in [-0.1, -0.05) is 0 Å². The van der Waals surface area contributed by atoms with Crippen LogP contribution in [0.3, 0.4) is 0 Å². The number of hydrogen-bond donors (Lipinski definition) is 1. The van der Waals surface area contributed by atoms with Gasteiger partial charge in [-0.05, 0) is 0 Å². The lowest BCUT2D eigenvalue weighted by molar-refractivity contribution is 0.110. The lowest BCUT2D eigenvalue weighted by Crippen LogP contribution is -2.34. The summed E-state index contributed by atoms with van der Waals surface area (Å²) in [6.45, 7) is 0. The lowest BCUT2D eigenvalue weighted by atomic mass is 10.2. The summed E-state index contributed by atoms with van der Waals surface area (Å²) < 4.78 is 26.6. The van der Waals surface area contributed by atoms with Gasteiger partial charge in [-0.3, -0.25) is 0 Å². The molecule has 0 amide bonds. The second-order valence-corrected chi connectivity index (χ2v) is 4.67. The fourth-order valence-corrected chi connectivity index (χ4v) is 2.91. The van der Waals surface area contributed by atoms with Gasteiger partial charge >= 0.3 is 0 Å². The van der Waals surface area contributed by atoms with E-state index in [2.05, 4.69) is 0 Å². The highest BCUT2D eigenvalue weighted by Crippen LogP contribution is 2.12. The Bertz CT molecular complexity index is 216. The zero-order chi connectivity index (χ0) is 7.78. The molecular weight excluding hydrogens is 190 g/mol. The molecule has 1 rings (SSSR count). The molecule has 1 heterocycles. The molecule has 68 valence electrons. The Morgan fingerprint density at radius 1 is 1.45 bits per heavy atom. The van der Waals surface area contributed by atoms with E-state index in [9.17, 15) is 8.42 Å². The van der Waals surface area contributed by atoms with Crippen LogP contribution in [-0.2, 0) is 14.6 Å². The molecule has 0 bridgehead atoms. The van der Waals surface area contributed by atoms with Gasteiger partial charge in [0.25, 0.3) is 0 Å². The Balaban J connectivity index is 0.000001000. The molecule has 0 aromatic rings. The second kappa shape index (κ2) is 3.71. The number of methoxy groups -OCH3 is 1. The first kappa shape index (κ1) is 11.2. The topological polar surface area (TPSA) is 69.4 Å². The van der Waals surface area contributed by atoms with E-state index in [1.807, 2.05) is 0 Å². The third-order valence-electron chi connectivity index (χ3n) is 1.64. The van der Waals surface area contributed by atoms with E-state index < -0.39 is 9.84 Å². The molecule has 2 atom stereocenters. The smallest absolute Gasteiger partial charge is 0.154 e. The Morgan fingerprint density at radius 3 is 2.18 bits per heavy atom. The minimum absolute atomic E-state index is 0. The Hall–Kier alpha value is 0.160. The van der Waals surface area contributed by atoms with Gasteiger partial charge in [-0.25, -0.2) is 8.42 Å². The zero-order valence-corrected chi connectivity index (χ0v) is 7.82. The van der Waals surface area contributed by atoms with Crippen molar-refractivity contribution >= 4 is 22.2 Å². The van der Waals surface area contributed by atoms with E-state index in [-0.39, 0.29) is 36.1 Å². The van der Waals surface area contributed by atoms with Gasteiger partial charge < -0.3 is 10.5 Å². The first-order valence-corrected chi connectivity index (χ1v) is 4.86. The molecule has 0 saturated carbocycles. The Morgan fingerprint density at radius 2 is 2.00 bits per heavy atom. The SMILES string of the molecule is CO[C@@H]1CS(=O)(=O)C[C@H]1N.Cl. The van der Waals surface area contributed by atoms with E-state index in [1.54, 1.807) is 0 Å². The van der Waals surface area contributed by atoms with Gasteiger partial charge in [-0.2, -0.15) is 0 Å². The molecule has 4 nitrogen and oxygen atoms in total. The number of halogens is 1. The van der Waals surface area contributed by atoms with Crippen molar-refractivity contribution in [2.75, 3.05) is 18.6 Å². The molecule has 1 aliphatic rings. The van der Waals surface area contributed by atoms with Gasteiger partial charge in [0.05, 0.1) is 17.6 Å². The molecule has 0 spiro atoms. The van der Waals surface area contributed by atoms with E-state index in [1.165, 1.54) is 7.11 Å². The van der Waals surface area contributed by atoms with Crippen LogP contribution in [0.25, 0.3) is 0 Å². The Kier molecular flexibility index (Phi) is 3.76. The van der Waals surface area contributed by atoms with Crippen molar-refractivity contribution in [2.45, 2.75) is 12.1 Å². The first-order chi connectivity index (χ1) is 4.55. The van der Waals surface area contributed by atoms with Gasteiger partial charge in [-0.15, -0.1) is 12.4 Å². The maximum absolute atomic E-state index is 10.9. The molecule has 0 aromatic heterocycles. The normalized spacial score (nSPS) is 34.7. The standard InChI is InChI=1S/C5H11NO3S.ClH/c1-9-5-3-10(7,8)2-4(5)6;/h4-5H,2-3,6H2,1H3;1H/t4-,5-;/m1./s1. The van der Waals surface area contributed by atoms with Crippen LogP contribution in [0.2, 0.25) is 0 Å². The van der Waals surface area contributed by atoms with Crippen LogP contribution in [0.1, 0.15) is 0 Å². The van der Waals surface area contributed by atoms with Crippen molar-refractivity contribution in [3.63, 3.8) is 0 Å². The van der Waals surface area contributed by atoms with Crippen LogP contribution < -0.4 is 5.73 Å². The molecule has 0 unspecified atom stereocenters. The number of rotatable bonds is 1. The largest absolute Gasteiger partial charge is 0.379 e. The average Bonchev–Trinajstić information content (AvgIpc) is 2.05. The monoisotopic (exact) mass is 201 g/mol. The predicted octanol–water partition coefficient (Wildman–Crippen LogP) is -0.821. The number of ether oxygens (including phenoxy) is 1. The van der Waals surface area contributed by atoms with Crippen LogP contribution in [0, 0.1) is 0 Å². The van der Waals surface area contributed by atoms with Gasteiger partial charge in [0.1, 0.15) is 0 Å². The number of nitrogens with two attached hydrogens (primary N) is 1. The van der Waals surface area contributed by atoms with Crippen molar-refractivity contribution in [1.29, 1.82) is 0 Å². The third-order valence-corrected chi connectivity index (χ3v) is 3.37. The zero-order valence-electron chi connectivity index (χ0n) is 6.19. The number of hydrogen-bond acceptors (Lipinski definition) is 4. The summed E-state index contributed by atoms with van der Waals surface area (Å²) in [7, 11) is -1.43. The van der Waals surface area contributed by atoms with E-state index in [0.717, 1.165) is 0 Å². The van der Waals surface area contributed by atoms with Crippen LogP contribution >= 0.6 is 12.4 Å². The summed E-state index contributed by atoms with van der Waals surface area (Å²) in [5, 5.41) is 0. The summed E-state index contributed by atoms with van der Waals surface area (Å²) in [6, 6.07) is -0.338. The summed E-state index contributed by atoms with van der Waals surface area (Å²) in [4.78, 5) is 0. The Labute approximate surface area is 72.4 Å². The van der Waals surface area contributed by atoms with Crippen molar-refractivity contribution in [3.05, 3.63) is 0 Å². The highest BCUT2D eigenvalue weighted by Gasteiger charge is 2.34. The molecule has 6 heteroatoms. The van der Waals surface area contributed by atoms with Crippen molar-refractivity contribution in [3.8, 4) is 0 Å². The second-order valence-electron chi connectivity index (χ2n) is 2.51. The fourth-order valence-electron chi connectivity index (χ4n) is 1.09. The fraction of sp³-hybridized carbons (Fsp3) is 1.00. The number of sulfone groups is 1. The molecule has 0 aromatic carbocycles. The molecule has 1 aliphatic heterocycles. The summed E-state index contributed by atoms with van der Waals surface area (Å²) in [5.74, 6) is 0.135. The highest BCUT2D eigenvalue weighted by atomic mass is 35.5. The quantitative estimate of drug-likeness (QED) is 0.602. The molecule has 1 fully saturated rings. The highest BCUT2D eigenvalue weighted by molar-refractivity contribution is 7.91. The minimum Gasteiger partial charge on any atom is -0.379 e. The maximum Gasteiger partial charge on any atom is 0.154 e. The molecular formula is C5H12ClNO3S. The molecule has 0 aliphatic carbocycles.